The van der Waals surface area contributed by atoms with Crippen LogP contribution in [0, 0.1) is 5.92 Å². The van der Waals surface area contributed by atoms with Crippen molar-refractivity contribution in [3.63, 3.8) is 0 Å². The minimum atomic E-state index is -0.628. The van der Waals surface area contributed by atoms with E-state index in [2.05, 4.69) is 15.4 Å². The number of ether oxygens (including phenoxy) is 1. The molecule has 2 amide bonds. The number of alkyl carbamates (subject to hydrolysis) is 1. The number of aromatic hydroxyl groups is 1. The van der Waals surface area contributed by atoms with Crippen LogP contribution in [-0.4, -0.2) is 36.8 Å². The van der Waals surface area contributed by atoms with Crippen molar-refractivity contribution in [2.24, 2.45) is 5.92 Å². The van der Waals surface area contributed by atoms with Crippen LogP contribution >= 0.6 is 0 Å². The van der Waals surface area contributed by atoms with Crippen LogP contribution in [0.25, 0.3) is 0 Å². The Hall–Kier alpha value is -2.24. The van der Waals surface area contributed by atoms with E-state index in [1.54, 1.807) is 18.2 Å². The topological polar surface area (TPSA) is 87.7 Å². The maximum Gasteiger partial charge on any atom is 0.407 e. The van der Waals surface area contributed by atoms with Crippen molar-refractivity contribution in [1.29, 1.82) is 0 Å². The third-order valence-electron chi connectivity index (χ3n) is 3.19. The first-order valence-corrected chi connectivity index (χ1v) is 7.33. The Kier molecular flexibility index (Phi) is 7.22. The summed E-state index contributed by atoms with van der Waals surface area (Å²) in [5, 5.41) is 15.0. The van der Waals surface area contributed by atoms with E-state index in [4.69, 9.17) is 0 Å². The molecular formula is C16H24N2O4. The van der Waals surface area contributed by atoms with Crippen LogP contribution < -0.4 is 10.6 Å². The fourth-order valence-corrected chi connectivity index (χ4v) is 2.07. The van der Waals surface area contributed by atoms with Crippen molar-refractivity contribution in [2.75, 3.05) is 13.7 Å². The number of carbonyl (C=O) groups excluding carboxylic acids is 2. The molecule has 0 aliphatic heterocycles. The fourth-order valence-electron chi connectivity index (χ4n) is 2.07. The van der Waals surface area contributed by atoms with E-state index in [0.717, 1.165) is 5.56 Å². The van der Waals surface area contributed by atoms with E-state index in [-0.39, 0.29) is 17.6 Å². The molecule has 3 N–H and O–H groups in total. The predicted molar refractivity (Wildman–Crippen MR) is 83.6 cm³/mol. The van der Waals surface area contributed by atoms with Crippen LogP contribution in [0.2, 0.25) is 0 Å². The number of nitrogens with one attached hydrogen (secondary N) is 2. The van der Waals surface area contributed by atoms with Gasteiger partial charge in [0.15, 0.2) is 0 Å². The minimum absolute atomic E-state index is 0.211. The largest absolute Gasteiger partial charge is 0.508 e. The van der Waals surface area contributed by atoms with Crippen molar-refractivity contribution in [3.05, 3.63) is 29.8 Å². The SMILES string of the molecule is COC(=O)NC(CC(C)C)C(=O)NCCc1ccccc1O. The fraction of sp³-hybridized carbons (Fsp3) is 0.500. The molecule has 0 bridgehead atoms. The first kappa shape index (κ1) is 17.8. The summed E-state index contributed by atoms with van der Waals surface area (Å²) >= 11 is 0. The van der Waals surface area contributed by atoms with Crippen molar-refractivity contribution < 1.29 is 19.4 Å². The highest BCUT2D eigenvalue weighted by molar-refractivity contribution is 5.85. The molecule has 0 saturated carbocycles. The van der Waals surface area contributed by atoms with Gasteiger partial charge in [-0.05, 0) is 30.4 Å². The van der Waals surface area contributed by atoms with Gasteiger partial charge in [0.2, 0.25) is 5.91 Å². The Bertz CT molecular complexity index is 503. The van der Waals surface area contributed by atoms with Gasteiger partial charge >= 0.3 is 6.09 Å². The molecule has 1 aromatic carbocycles. The van der Waals surface area contributed by atoms with E-state index < -0.39 is 12.1 Å². The number of hydrogen-bond donors (Lipinski definition) is 3. The highest BCUT2D eigenvalue weighted by atomic mass is 16.5. The quantitative estimate of drug-likeness (QED) is 0.717. The van der Waals surface area contributed by atoms with Gasteiger partial charge in [0, 0.05) is 6.54 Å². The molecule has 0 fully saturated rings. The summed E-state index contributed by atoms with van der Waals surface area (Å²) in [6, 6.07) is 6.36. The molecule has 0 saturated heterocycles. The molecule has 0 radical (unpaired) electrons. The molecule has 0 aromatic heterocycles. The number of hydrogen-bond acceptors (Lipinski definition) is 4. The van der Waals surface area contributed by atoms with Crippen molar-refractivity contribution >= 4 is 12.0 Å². The zero-order chi connectivity index (χ0) is 16.5. The molecule has 1 aromatic rings. The lowest BCUT2D eigenvalue weighted by Crippen LogP contribution is -2.47. The highest BCUT2D eigenvalue weighted by Crippen LogP contribution is 2.15. The van der Waals surface area contributed by atoms with Crippen LogP contribution in [0.1, 0.15) is 25.8 Å². The maximum atomic E-state index is 12.2. The number of methoxy groups -OCH3 is 1. The molecule has 6 nitrogen and oxygen atoms in total. The van der Waals surface area contributed by atoms with Gasteiger partial charge in [-0.25, -0.2) is 4.79 Å². The van der Waals surface area contributed by atoms with Gasteiger partial charge in [-0.1, -0.05) is 32.0 Å². The third-order valence-corrected chi connectivity index (χ3v) is 3.19. The standard InChI is InChI=1S/C16H24N2O4/c1-11(2)10-13(18-16(21)22-3)15(20)17-9-8-12-6-4-5-7-14(12)19/h4-7,11,13,19H,8-10H2,1-3H3,(H,17,20)(H,18,21). The van der Waals surface area contributed by atoms with Crippen LogP contribution in [0.3, 0.4) is 0 Å². The zero-order valence-electron chi connectivity index (χ0n) is 13.3. The van der Waals surface area contributed by atoms with Crippen LogP contribution in [0.5, 0.6) is 5.75 Å². The Morgan fingerprint density at radius 2 is 1.95 bits per heavy atom. The van der Waals surface area contributed by atoms with E-state index in [1.165, 1.54) is 7.11 Å². The highest BCUT2D eigenvalue weighted by Gasteiger charge is 2.21. The van der Waals surface area contributed by atoms with Crippen LogP contribution in [-0.2, 0) is 16.0 Å². The minimum Gasteiger partial charge on any atom is -0.508 e. The molecule has 22 heavy (non-hydrogen) atoms. The van der Waals surface area contributed by atoms with Gasteiger partial charge in [0.1, 0.15) is 11.8 Å². The lowest BCUT2D eigenvalue weighted by Gasteiger charge is -2.19. The Labute approximate surface area is 130 Å². The number of para-hydroxylation sites is 1. The lowest BCUT2D eigenvalue weighted by molar-refractivity contribution is -0.123. The maximum absolute atomic E-state index is 12.2. The van der Waals surface area contributed by atoms with E-state index in [9.17, 15) is 14.7 Å². The number of rotatable bonds is 7. The van der Waals surface area contributed by atoms with Gasteiger partial charge in [0.05, 0.1) is 7.11 Å². The molecule has 0 aliphatic carbocycles. The van der Waals surface area contributed by atoms with E-state index in [0.29, 0.717) is 19.4 Å². The third kappa shape index (κ3) is 6.03. The first-order chi connectivity index (χ1) is 10.4. The second-order valence-corrected chi connectivity index (χ2v) is 5.49. The zero-order valence-corrected chi connectivity index (χ0v) is 13.3. The van der Waals surface area contributed by atoms with E-state index >= 15 is 0 Å². The van der Waals surface area contributed by atoms with Crippen molar-refractivity contribution in [3.8, 4) is 5.75 Å². The Morgan fingerprint density at radius 3 is 2.55 bits per heavy atom. The smallest absolute Gasteiger partial charge is 0.407 e. The van der Waals surface area contributed by atoms with Gasteiger partial charge in [0.25, 0.3) is 0 Å². The molecule has 1 rings (SSSR count). The molecule has 0 aliphatic rings. The summed E-state index contributed by atoms with van der Waals surface area (Å²) in [6.07, 6.45) is 0.421. The predicted octanol–water partition coefficient (Wildman–Crippen LogP) is 1.82. The Morgan fingerprint density at radius 1 is 1.27 bits per heavy atom. The number of phenolic OH excluding ortho intramolecular Hbond substituents is 1. The molecular weight excluding hydrogens is 284 g/mol. The average molecular weight is 308 g/mol. The average Bonchev–Trinajstić information content (AvgIpc) is 2.47. The molecule has 6 heteroatoms. The lowest BCUT2D eigenvalue weighted by atomic mass is 10.0. The number of carbonyl (C=O) groups is 2. The second-order valence-electron chi connectivity index (χ2n) is 5.49. The van der Waals surface area contributed by atoms with Gasteiger partial charge in [-0.15, -0.1) is 0 Å². The monoisotopic (exact) mass is 308 g/mol. The summed E-state index contributed by atoms with van der Waals surface area (Å²) < 4.78 is 4.54. The summed E-state index contributed by atoms with van der Waals surface area (Å²) in [7, 11) is 1.26. The summed E-state index contributed by atoms with van der Waals surface area (Å²) in [6.45, 7) is 4.33. The summed E-state index contributed by atoms with van der Waals surface area (Å²) in [4.78, 5) is 23.5. The molecule has 1 unspecified atom stereocenters. The van der Waals surface area contributed by atoms with E-state index in [1.807, 2.05) is 19.9 Å². The first-order valence-electron chi connectivity index (χ1n) is 7.33. The van der Waals surface area contributed by atoms with Crippen LogP contribution in [0.4, 0.5) is 4.79 Å². The molecule has 0 spiro atoms. The number of phenols is 1. The normalized spacial score (nSPS) is 11.8. The molecule has 122 valence electrons. The van der Waals surface area contributed by atoms with Gasteiger partial charge in [-0.2, -0.15) is 0 Å². The summed E-state index contributed by atoms with van der Waals surface area (Å²) in [5.41, 5.74) is 0.768. The second kappa shape index (κ2) is 8.92. The molecule has 1 atom stereocenters. The van der Waals surface area contributed by atoms with Crippen molar-refractivity contribution in [2.45, 2.75) is 32.7 Å². The number of amides is 2. The molecule has 0 heterocycles. The summed E-state index contributed by atoms with van der Waals surface area (Å²) in [5.74, 6) is 0.212. The van der Waals surface area contributed by atoms with Crippen LogP contribution in [0.15, 0.2) is 24.3 Å². The van der Waals surface area contributed by atoms with Crippen molar-refractivity contribution in [1.82, 2.24) is 10.6 Å². The van der Waals surface area contributed by atoms with Gasteiger partial charge in [-0.3, -0.25) is 4.79 Å². The van der Waals surface area contributed by atoms with Gasteiger partial charge < -0.3 is 20.5 Å². The Balaban J connectivity index is 2.52. The number of benzene rings is 1.